The maximum Gasteiger partial charge on any atom is 0.129 e. The zero-order valence-corrected chi connectivity index (χ0v) is 12.6. The van der Waals surface area contributed by atoms with Crippen LogP contribution in [0.1, 0.15) is 38.3 Å². The molecule has 0 aliphatic carbocycles. The lowest BCUT2D eigenvalue weighted by Gasteiger charge is -2.29. The minimum atomic E-state index is -1.36. The lowest BCUT2D eigenvalue weighted by atomic mass is 9.84. The summed E-state index contributed by atoms with van der Waals surface area (Å²) in [5.41, 5.74) is -0.440. The highest BCUT2D eigenvalue weighted by Crippen LogP contribution is 2.35. The van der Waals surface area contributed by atoms with Gasteiger partial charge in [-0.25, -0.2) is 4.39 Å². The van der Waals surface area contributed by atoms with Crippen LogP contribution in [0.3, 0.4) is 0 Å². The third-order valence-electron chi connectivity index (χ3n) is 3.51. The van der Waals surface area contributed by atoms with E-state index in [2.05, 4.69) is 0 Å². The average molecular weight is 288 g/mol. The van der Waals surface area contributed by atoms with Crippen molar-refractivity contribution in [3.05, 3.63) is 65.5 Å². The molecule has 0 radical (unpaired) electrons. The van der Waals surface area contributed by atoms with Crippen molar-refractivity contribution in [3.8, 4) is 5.75 Å². The molecule has 0 saturated carbocycles. The first-order valence-corrected chi connectivity index (χ1v) is 7.22. The molecule has 3 heteroatoms. The van der Waals surface area contributed by atoms with Crippen LogP contribution in [0, 0.1) is 5.82 Å². The van der Waals surface area contributed by atoms with Crippen LogP contribution in [-0.2, 0) is 5.60 Å². The van der Waals surface area contributed by atoms with Crippen LogP contribution in [0.4, 0.5) is 4.39 Å². The highest BCUT2D eigenvalue weighted by Gasteiger charge is 2.32. The van der Waals surface area contributed by atoms with E-state index in [9.17, 15) is 9.50 Å². The molecule has 0 bridgehead atoms. The molecule has 1 unspecified atom stereocenters. The first-order valence-electron chi connectivity index (χ1n) is 7.22. The van der Waals surface area contributed by atoms with Gasteiger partial charge in [-0.2, -0.15) is 0 Å². The Morgan fingerprint density at radius 3 is 2.48 bits per heavy atom. The van der Waals surface area contributed by atoms with E-state index in [1.807, 2.05) is 32.9 Å². The van der Waals surface area contributed by atoms with Gasteiger partial charge in [0.1, 0.15) is 17.2 Å². The van der Waals surface area contributed by atoms with Gasteiger partial charge in [-0.05, 0) is 44.0 Å². The van der Waals surface area contributed by atoms with E-state index < -0.39 is 11.4 Å². The number of halogens is 1. The number of aliphatic hydroxyl groups is 1. The van der Waals surface area contributed by atoms with E-state index in [0.717, 1.165) is 0 Å². The van der Waals surface area contributed by atoms with Crippen LogP contribution in [0.15, 0.2) is 48.5 Å². The highest BCUT2D eigenvalue weighted by atomic mass is 19.1. The summed E-state index contributed by atoms with van der Waals surface area (Å²) in [5, 5.41) is 11.0. The summed E-state index contributed by atoms with van der Waals surface area (Å²) in [7, 11) is 0. The SMILES string of the molecule is CCC(O)(c1cccc(OC(C)C)c1)c1ccccc1F. The quantitative estimate of drug-likeness (QED) is 0.891. The van der Waals surface area contributed by atoms with E-state index in [1.54, 1.807) is 30.3 Å². The van der Waals surface area contributed by atoms with E-state index in [0.29, 0.717) is 17.7 Å². The molecule has 0 saturated heterocycles. The molecule has 0 aromatic heterocycles. The van der Waals surface area contributed by atoms with Crippen molar-refractivity contribution in [1.82, 2.24) is 0 Å². The van der Waals surface area contributed by atoms with Crippen LogP contribution in [0.2, 0.25) is 0 Å². The van der Waals surface area contributed by atoms with Crippen molar-refractivity contribution in [2.24, 2.45) is 0 Å². The highest BCUT2D eigenvalue weighted by molar-refractivity contribution is 5.40. The summed E-state index contributed by atoms with van der Waals surface area (Å²) in [6.07, 6.45) is 0.419. The van der Waals surface area contributed by atoms with E-state index in [-0.39, 0.29) is 11.7 Å². The molecule has 2 nitrogen and oxygen atoms in total. The molecule has 0 aliphatic heterocycles. The normalized spacial score (nSPS) is 14.0. The van der Waals surface area contributed by atoms with Crippen LogP contribution in [0.5, 0.6) is 5.75 Å². The Kier molecular flexibility index (Phi) is 4.63. The van der Waals surface area contributed by atoms with Gasteiger partial charge >= 0.3 is 0 Å². The largest absolute Gasteiger partial charge is 0.491 e. The molecule has 0 amide bonds. The molecular formula is C18H21FO2. The molecule has 1 N–H and O–H groups in total. The zero-order valence-electron chi connectivity index (χ0n) is 12.6. The van der Waals surface area contributed by atoms with Crippen molar-refractivity contribution >= 4 is 0 Å². The Bertz CT molecular complexity index is 610. The smallest absolute Gasteiger partial charge is 0.129 e. The summed E-state index contributed by atoms with van der Waals surface area (Å²) in [6, 6.07) is 13.6. The van der Waals surface area contributed by atoms with E-state index in [4.69, 9.17) is 4.74 Å². The number of benzene rings is 2. The molecule has 112 valence electrons. The second kappa shape index (κ2) is 6.27. The number of ether oxygens (including phenoxy) is 1. The maximum absolute atomic E-state index is 14.1. The van der Waals surface area contributed by atoms with Crippen molar-refractivity contribution in [2.75, 3.05) is 0 Å². The Labute approximate surface area is 125 Å². The molecule has 2 rings (SSSR count). The number of hydrogen-bond donors (Lipinski definition) is 1. The van der Waals surface area contributed by atoms with Crippen LogP contribution >= 0.6 is 0 Å². The first kappa shape index (κ1) is 15.5. The first-order chi connectivity index (χ1) is 9.97. The molecular weight excluding hydrogens is 267 g/mol. The van der Waals surface area contributed by atoms with Crippen LogP contribution in [0.25, 0.3) is 0 Å². The van der Waals surface area contributed by atoms with Crippen molar-refractivity contribution in [2.45, 2.75) is 38.9 Å². The van der Waals surface area contributed by atoms with Crippen LogP contribution in [-0.4, -0.2) is 11.2 Å². The molecule has 0 heterocycles. The predicted molar refractivity (Wildman–Crippen MR) is 81.9 cm³/mol. The fourth-order valence-corrected chi connectivity index (χ4v) is 2.45. The fraction of sp³-hybridized carbons (Fsp3) is 0.333. The summed E-state index contributed by atoms with van der Waals surface area (Å²) < 4.78 is 19.7. The zero-order chi connectivity index (χ0) is 15.5. The Hall–Kier alpha value is -1.87. The summed E-state index contributed by atoms with van der Waals surface area (Å²) >= 11 is 0. The standard InChI is InChI=1S/C18H21FO2/c1-4-18(20,16-10-5-6-11-17(16)19)14-8-7-9-15(12-14)21-13(2)3/h5-13,20H,4H2,1-3H3. The van der Waals surface area contributed by atoms with Gasteiger partial charge in [-0.15, -0.1) is 0 Å². The minimum absolute atomic E-state index is 0.0448. The molecule has 2 aromatic carbocycles. The predicted octanol–water partition coefficient (Wildman–Crippen LogP) is 4.26. The lowest BCUT2D eigenvalue weighted by molar-refractivity contribution is 0.0721. The molecule has 0 fully saturated rings. The van der Waals surface area contributed by atoms with Gasteiger partial charge in [0.15, 0.2) is 0 Å². The topological polar surface area (TPSA) is 29.5 Å². The van der Waals surface area contributed by atoms with Gasteiger partial charge in [0, 0.05) is 5.56 Å². The number of rotatable bonds is 5. The molecule has 1 atom stereocenters. The van der Waals surface area contributed by atoms with Gasteiger partial charge in [0.25, 0.3) is 0 Å². The van der Waals surface area contributed by atoms with Crippen LogP contribution < -0.4 is 4.74 Å². The summed E-state index contributed by atoms with van der Waals surface area (Å²) in [6.45, 7) is 5.72. The second-order valence-corrected chi connectivity index (χ2v) is 5.39. The lowest BCUT2D eigenvalue weighted by Crippen LogP contribution is -2.27. The molecule has 0 aliphatic rings. The Balaban J connectivity index is 2.48. The summed E-state index contributed by atoms with van der Waals surface area (Å²) in [5.74, 6) is 0.266. The van der Waals surface area contributed by atoms with Crippen molar-refractivity contribution < 1.29 is 14.2 Å². The minimum Gasteiger partial charge on any atom is -0.491 e. The number of hydrogen-bond acceptors (Lipinski definition) is 2. The third-order valence-corrected chi connectivity index (χ3v) is 3.51. The second-order valence-electron chi connectivity index (χ2n) is 5.39. The Morgan fingerprint density at radius 2 is 1.86 bits per heavy atom. The van der Waals surface area contributed by atoms with Gasteiger partial charge in [-0.1, -0.05) is 37.3 Å². The average Bonchev–Trinajstić information content (AvgIpc) is 2.46. The van der Waals surface area contributed by atoms with Gasteiger partial charge in [0.2, 0.25) is 0 Å². The van der Waals surface area contributed by atoms with Crippen molar-refractivity contribution in [3.63, 3.8) is 0 Å². The molecule has 21 heavy (non-hydrogen) atoms. The van der Waals surface area contributed by atoms with Gasteiger partial charge in [0.05, 0.1) is 6.10 Å². The Morgan fingerprint density at radius 1 is 1.14 bits per heavy atom. The van der Waals surface area contributed by atoms with Crippen molar-refractivity contribution in [1.29, 1.82) is 0 Å². The third kappa shape index (κ3) is 3.24. The van der Waals surface area contributed by atoms with E-state index in [1.165, 1.54) is 6.07 Å². The molecule has 2 aromatic rings. The summed E-state index contributed by atoms with van der Waals surface area (Å²) in [4.78, 5) is 0. The van der Waals surface area contributed by atoms with E-state index >= 15 is 0 Å². The van der Waals surface area contributed by atoms with Gasteiger partial charge in [-0.3, -0.25) is 0 Å². The maximum atomic E-state index is 14.1. The van der Waals surface area contributed by atoms with Gasteiger partial charge < -0.3 is 9.84 Å². The molecule has 0 spiro atoms. The monoisotopic (exact) mass is 288 g/mol. The fourth-order valence-electron chi connectivity index (χ4n) is 2.45.